The van der Waals surface area contributed by atoms with Gasteiger partial charge in [-0.1, -0.05) is 23.7 Å². The van der Waals surface area contributed by atoms with Crippen molar-refractivity contribution in [1.82, 2.24) is 15.6 Å². The molecule has 1 unspecified atom stereocenters. The van der Waals surface area contributed by atoms with E-state index in [-0.39, 0.29) is 11.7 Å². The van der Waals surface area contributed by atoms with E-state index in [1.165, 1.54) is 18.2 Å². The van der Waals surface area contributed by atoms with Crippen LogP contribution in [0.25, 0.3) is 0 Å². The first-order valence-electron chi connectivity index (χ1n) is 8.91. The lowest BCUT2D eigenvalue weighted by Gasteiger charge is -2.21. The van der Waals surface area contributed by atoms with Crippen molar-refractivity contribution >= 4 is 23.2 Å². The summed E-state index contributed by atoms with van der Waals surface area (Å²) in [7, 11) is 0. The van der Waals surface area contributed by atoms with E-state index in [2.05, 4.69) is 20.6 Å². The van der Waals surface area contributed by atoms with Gasteiger partial charge in [-0.05, 0) is 37.1 Å². The second kappa shape index (κ2) is 8.99. The lowest BCUT2D eigenvalue weighted by Crippen LogP contribution is -2.44. The smallest absolute Gasteiger partial charge is 0.191 e. The highest BCUT2D eigenvalue weighted by Crippen LogP contribution is 2.26. The molecule has 0 saturated carbocycles. The molecule has 2 heterocycles. The molecule has 144 valence electrons. The van der Waals surface area contributed by atoms with E-state index < -0.39 is 11.6 Å². The number of guanidine groups is 1. The number of halogens is 3. The third-order valence-corrected chi connectivity index (χ3v) is 4.56. The number of anilines is 1. The number of aliphatic imine (C=N–C) groups is 1. The molecule has 1 atom stereocenters. The van der Waals surface area contributed by atoms with Gasteiger partial charge in [-0.15, -0.1) is 0 Å². The van der Waals surface area contributed by atoms with Crippen LogP contribution in [0.3, 0.4) is 0 Å². The van der Waals surface area contributed by atoms with Gasteiger partial charge in [0.1, 0.15) is 22.5 Å². The van der Waals surface area contributed by atoms with Crippen LogP contribution < -0.4 is 15.5 Å². The average molecular weight is 394 g/mol. The predicted molar refractivity (Wildman–Crippen MR) is 104 cm³/mol. The maximum Gasteiger partial charge on any atom is 0.191 e. The predicted octanol–water partition coefficient (Wildman–Crippen LogP) is 3.35. The lowest BCUT2D eigenvalue weighted by atomic mass is 10.2. The number of nitrogens with zero attached hydrogens (tertiary/aromatic N) is 3. The van der Waals surface area contributed by atoms with E-state index in [4.69, 9.17) is 11.6 Å². The Morgan fingerprint density at radius 3 is 2.74 bits per heavy atom. The summed E-state index contributed by atoms with van der Waals surface area (Å²) in [5.41, 5.74) is 0.981. The molecule has 0 aliphatic carbocycles. The zero-order chi connectivity index (χ0) is 19.2. The molecule has 3 rings (SSSR count). The minimum Gasteiger partial charge on any atom is -0.365 e. The second-order valence-corrected chi connectivity index (χ2v) is 6.72. The van der Waals surface area contributed by atoms with E-state index in [1.807, 2.05) is 13.0 Å². The molecule has 1 aliphatic rings. The molecule has 0 amide bonds. The summed E-state index contributed by atoms with van der Waals surface area (Å²) >= 11 is 5.79. The van der Waals surface area contributed by atoms with Crippen molar-refractivity contribution in [3.8, 4) is 0 Å². The number of benzene rings is 1. The van der Waals surface area contributed by atoms with E-state index in [1.54, 1.807) is 17.2 Å². The summed E-state index contributed by atoms with van der Waals surface area (Å²) in [6, 6.07) is 7.59. The quantitative estimate of drug-likeness (QED) is 0.464. The number of hydrogen-bond donors (Lipinski definition) is 2. The van der Waals surface area contributed by atoms with Gasteiger partial charge in [0.05, 0.1) is 6.54 Å². The van der Waals surface area contributed by atoms with Crippen molar-refractivity contribution < 1.29 is 8.78 Å². The maximum atomic E-state index is 14.0. The summed E-state index contributed by atoms with van der Waals surface area (Å²) in [5.74, 6) is -0.411. The Hall–Kier alpha value is -2.41. The van der Waals surface area contributed by atoms with E-state index >= 15 is 0 Å². The fourth-order valence-corrected chi connectivity index (χ4v) is 3.17. The van der Waals surface area contributed by atoms with Crippen LogP contribution in [-0.4, -0.2) is 36.6 Å². The minimum atomic E-state index is -0.536. The highest BCUT2D eigenvalue weighted by molar-refractivity contribution is 6.29. The Bertz CT molecular complexity index is 777. The average Bonchev–Trinajstić information content (AvgIpc) is 3.09. The topological polar surface area (TPSA) is 52.6 Å². The Morgan fingerprint density at radius 1 is 1.30 bits per heavy atom. The standard InChI is InChI=1S/C19H22ClF2N5/c1-2-23-19(25-11-13-6-7-17(20)24-10-13)26-14-8-9-27(12-14)18-15(21)4-3-5-16(18)22/h3-7,10,14H,2,8-9,11-12H2,1H3,(H2,23,25,26). The highest BCUT2D eigenvalue weighted by atomic mass is 35.5. The highest BCUT2D eigenvalue weighted by Gasteiger charge is 2.27. The van der Waals surface area contributed by atoms with Gasteiger partial charge in [0, 0.05) is 31.9 Å². The number of hydrogen-bond acceptors (Lipinski definition) is 3. The molecule has 27 heavy (non-hydrogen) atoms. The first-order valence-corrected chi connectivity index (χ1v) is 9.29. The summed E-state index contributed by atoms with van der Waals surface area (Å²) in [4.78, 5) is 10.3. The maximum absolute atomic E-state index is 14.0. The van der Waals surface area contributed by atoms with Gasteiger partial charge in [-0.25, -0.2) is 18.8 Å². The molecular formula is C19H22ClF2N5. The van der Waals surface area contributed by atoms with Crippen LogP contribution in [0.2, 0.25) is 5.15 Å². The van der Waals surface area contributed by atoms with Crippen LogP contribution in [0.1, 0.15) is 18.9 Å². The second-order valence-electron chi connectivity index (χ2n) is 6.33. The van der Waals surface area contributed by atoms with Gasteiger partial charge in [0.25, 0.3) is 0 Å². The summed E-state index contributed by atoms with van der Waals surface area (Å²) in [6.07, 6.45) is 2.45. The fourth-order valence-electron chi connectivity index (χ4n) is 3.06. The summed E-state index contributed by atoms with van der Waals surface area (Å²) in [6.45, 7) is 4.23. The number of rotatable bonds is 5. The van der Waals surface area contributed by atoms with Gasteiger partial charge in [-0.2, -0.15) is 0 Å². The molecule has 2 aromatic rings. The van der Waals surface area contributed by atoms with Crippen LogP contribution in [-0.2, 0) is 6.54 Å². The lowest BCUT2D eigenvalue weighted by molar-refractivity contribution is 0.576. The van der Waals surface area contributed by atoms with Crippen LogP contribution in [0.15, 0.2) is 41.5 Å². The van der Waals surface area contributed by atoms with Crippen molar-refractivity contribution in [3.05, 3.63) is 58.9 Å². The largest absolute Gasteiger partial charge is 0.365 e. The van der Waals surface area contributed by atoms with Gasteiger partial charge in [0.15, 0.2) is 5.96 Å². The van der Waals surface area contributed by atoms with Crippen molar-refractivity contribution in [2.75, 3.05) is 24.5 Å². The van der Waals surface area contributed by atoms with E-state index in [9.17, 15) is 8.78 Å². The number of pyridine rings is 1. The van der Waals surface area contributed by atoms with Crippen molar-refractivity contribution in [2.24, 2.45) is 4.99 Å². The van der Waals surface area contributed by atoms with Gasteiger partial charge < -0.3 is 15.5 Å². The Balaban J connectivity index is 1.63. The van der Waals surface area contributed by atoms with Gasteiger partial charge in [0.2, 0.25) is 0 Å². The fraction of sp³-hybridized carbons (Fsp3) is 0.368. The molecule has 1 aromatic carbocycles. The van der Waals surface area contributed by atoms with Crippen molar-refractivity contribution in [2.45, 2.75) is 25.9 Å². The van der Waals surface area contributed by atoms with Gasteiger partial charge >= 0.3 is 0 Å². The summed E-state index contributed by atoms with van der Waals surface area (Å²) in [5, 5.41) is 6.98. The molecule has 0 radical (unpaired) electrons. The number of nitrogens with one attached hydrogen (secondary N) is 2. The SMILES string of the molecule is CCNC(=NCc1ccc(Cl)nc1)NC1CCN(c2c(F)cccc2F)C1. The van der Waals surface area contributed by atoms with E-state index in [0.717, 1.165) is 12.0 Å². The Morgan fingerprint density at radius 2 is 2.07 bits per heavy atom. The zero-order valence-electron chi connectivity index (χ0n) is 15.1. The Kier molecular flexibility index (Phi) is 6.45. The van der Waals surface area contributed by atoms with Crippen molar-refractivity contribution in [3.63, 3.8) is 0 Å². The molecule has 2 N–H and O–H groups in total. The first-order chi connectivity index (χ1) is 13.1. The normalized spacial score (nSPS) is 17.3. The van der Waals surface area contributed by atoms with Crippen LogP contribution in [0, 0.1) is 11.6 Å². The van der Waals surface area contributed by atoms with Crippen LogP contribution in [0.4, 0.5) is 14.5 Å². The van der Waals surface area contributed by atoms with Crippen LogP contribution in [0.5, 0.6) is 0 Å². The third kappa shape index (κ3) is 5.07. The molecule has 1 aromatic heterocycles. The molecule has 1 fully saturated rings. The molecule has 0 bridgehead atoms. The number of aromatic nitrogens is 1. The van der Waals surface area contributed by atoms with Crippen molar-refractivity contribution in [1.29, 1.82) is 0 Å². The molecule has 5 nitrogen and oxygen atoms in total. The number of para-hydroxylation sites is 1. The Labute approximate surface area is 162 Å². The third-order valence-electron chi connectivity index (χ3n) is 4.34. The van der Waals surface area contributed by atoms with Crippen LogP contribution >= 0.6 is 11.6 Å². The zero-order valence-corrected chi connectivity index (χ0v) is 15.8. The van der Waals surface area contributed by atoms with Gasteiger partial charge in [-0.3, -0.25) is 0 Å². The summed E-state index contributed by atoms with van der Waals surface area (Å²) < 4.78 is 28.0. The minimum absolute atomic E-state index is 0.0379. The molecular weight excluding hydrogens is 372 g/mol. The van der Waals surface area contributed by atoms with E-state index in [0.29, 0.717) is 37.3 Å². The molecule has 0 spiro atoms. The first kappa shape index (κ1) is 19.4. The monoisotopic (exact) mass is 393 g/mol. The molecule has 8 heteroatoms. The molecule has 1 aliphatic heterocycles. The molecule has 1 saturated heterocycles.